The van der Waals surface area contributed by atoms with E-state index in [9.17, 15) is 0 Å². The number of methoxy groups -OCH3 is 1. The average Bonchev–Trinajstić information content (AvgIpc) is 2.99. The molecule has 0 spiro atoms. The Morgan fingerprint density at radius 1 is 0.410 bits per heavy atom. The zero-order valence-electron chi connectivity index (χ0n) is 29.2. The lowest BCUT2D eigenvalue weighted by Gasteiger charge is -1.97. The fraction of sp³-hybridized carbons (Fsp3) is 0.526. The molecule has 1 heteroatoms. The molecule has 226 valence electrons. The second-order valence-electron chi connectivity index (χ2n) is 8.11. The summed E-state index contributed by atoms with van der Waals surface area (Å²) < 4.78 is 4.97. The molecule has 0 amide bonds. The molecule has 0 aromatic heterocycles. The summed E-state index contributed by atoms with van der Waals surface area (Å²) in [7, 11) is 1.67. The number of aryl methyl sites for hydroxylation is 5. The van der Waals surface area contributed by atoms with Crippen LogP contribution in [0.15, 0.2) is 72.8 Å². The Bertz CT molecular complexity index is 658. The highest BCUT2D eigenvalue weighted by atomic mass is 16.5. The number of ether oxygens (including phenoxy) is 1. The summed E-state index contributed by atoms with van der Waals surface area (Å²) in [6.07, 6.45) is 4.78. The largest absolute Gasteiger partial charge is 0.497 e. The second-order valence-corrected chi connectivity index (χ2v) is 8.11. The van der Waals surface area contributed by atoms with Crippen LogP contribution in [-0.2, 0) is 12.8 Å². The van der Waals surface area contributed by atoms with Crippen molar-refractivity contribution in [1.82, 2.24) is 0 Å². The van der Waals surface area contributed by atoms with Gasteiger partial charge in [-0.1, -0.05) is 173 Å². The quantitative estimate of drug-likeness (QED) is 0.321. The number of rotatable bonds is 3. The Morgan fingerprint density at radius 2 is 0.615 bits per heavy atom. The van der Waals surface area contributed by atoms with Crippen LogP contribution in [0.3, 0.4) is 0 Å². The van der Waals surface area contributed by atoms with Gasteiger partial charge >= 0.3 is 0 Å². The predicted molar refractivity (Wildman–Crippen MR) is 185 cm³/mol. The molecule has 0 atom stereocenters. The van der Waals surface area contributed by atoms with Crippen LogP contribution >= 0.6 is 0 Å². The maximum absolute atomic E-state index is 4.97. The molecule has 0 fully saturated rings. The highest BCUT2D eigenvalue weighted by Crippen LogP contribution is 2.09. The minimum atomic E-state index is 0.917. The Kier molecular flexibility index (Phi) is 47.5. The third-order valence-electron chi connectivity index (χ3n) is 4.31. The first-order valence-corrected chi connectivity index (χ1v) is 15.5. The van der Waals surface area contributed by atoms with Crippen molar-refractivity contribution < 1.29 is 4.74 Å². The minimum Gasteiger partial charge on any atom is -0.497 e. The summed E-state index contributed by atoms with van der Waals surface area (Å²) in [4.78, 5) is 0. The van der Waals surface area contributed by atoms with Gasteiger partial charge in [0.15, 0.2) is 0 Å². The van der Waals surface area contributed by atoms with Gasteiger partial charge in [0, 0.05) is 0 Å². The van der Waals surface area contributed by atoms with Crippen LogP contribution in [0.4, 0.5) is 0 Å². The van der Waals surface area contributed by atoms with E-state index in [0.717, 1.165) is 18.6 Å². The van der Waals surface area contributed by atoms with E-state index in [1.165, 1.54) is 40.7 Å². The Balaban J connectivity index is -0.000000124. The minimum absolute atomic E-state index is 0.917. The van der Waals surface area contributed by atoms with E-state index < -0.39 is 0 Å². The number of hydrogen-bond acceptors (Lipinski definition) is 1. The summed E-state index contributed by atoms with van der Waals surface area (Å²) in [6.45, 7) is 31.1. The molecule has 0 heterocycles. The molecule has 0 saturated heterocycles. The molecule has 3 aromatic carbocycles. The van der Waals surface area contributed by atoms with Gasteiger partial charge in [-0.25, -0.2) is 0 Å². The molecule has 1 nitrogen and oxygen atoms in total. The topological polar surface area (TPSA) is 9.23 Å². The van der Waals surface area contributed by atoms with Gasteiger partial charge in [-0.2, -0.15) is 0 Å². The van der Waals surface area contributed by atoms with Crippen molar-refractivity contribution in [3.8, 4) is 5.75 Å². The summed E-state index contributed by atoms with van der Waals surface area (Å²) in [6, 6.07) is 25.3. The Hall–Kier alpha value is -2.54. The number of hydrogen-bond donors (Lipinski definition) is 0. The fourth-order valence-corrected chi connectivity index (χ4v) is 2.32. The van der Waals surface area contributed by atoms with Crippen LogP contribution in [0, 0.1) is 20.8 Å². The highest BCUT2D eigenvalue weighted by Gasteiger charge is 1.86. The van der Waals surface area contributed by atoms with Crippen molar-refractivity contribution in [1.29, 1.82) is 0 Å². The van der Waals surface area contributed by atoms with Gasteiger partial charge in [0.05, 0.1) is 7.11 Å². The van der Waals surface area contributed by atoms with Crippen molar-refractivity contribution in [2.45, 2.75) is 130 Å². The molecule has 0 N–H and O–H groups in total. The SMILES string of the molecule is CC.CC.CC.CCC.CCC.CCc1ccc(C)cc1.CCc1ccc(C)cc1.COc1ccc(C)cc1. The Morgan fingerprint density at radius 3 is 0.795 bits per heavy atom. The molecule has 0 aliphatic carbocycles. The maximum Gasteiger partial charge on any atom is 0.118 e. The average molecular weight is 541 g/mol. The van der Waals surface area contributed by atoms with Crippen LogP contribution in [0.2, 0.25) is 0 Å². The van der Waals surface area contributed by atoms with Crippen molar-refractivity contribution in [3.05, 3.63) is 101 Å². The van der Waals surface area contributed by atoms with Crippen LogP contribution in [-0.4, -0.2) is 7.11 Å². The van der Waals surface area contributed by atoms with Crippen LogP contribution in [0.1, 0.15) is 124 Å². The molecular weight excluding hydrogens is 472 g/mol. The first-order valence-electron chi connectivity index (χ1n) is 15.5. The molecule has 0 saturated carbocycles. The summed E-state index contributed by atoms with van der Waals surface area (Å²) in [5, 5.41) is 0. The van der Waals surface area contributed by atoms with Crippen molar-refractivity contribution in [2.24, 2.45) is 0 Å². The Labute approximate surface area is 247 Å². The maximum atomic E-state index is 4.97. The molecule has 0 aliphatic heterocycles. The van der Waals surface area contributed by atoms with E-state index >= 15 is 0 Å². The van der Waals surface area contributed by atoms with E-state index in [0.29, 0.717) is 0 Å². The van der Waals surface area contributed by atoms with E-state index in [4.69, 9.17) is 4.74 Å². The van der Waals surface area contributed by atoms with Gasteiger partial charge in [-0.3, -0.25) is 0 Å². The fourth-order valence-electron chi connectivity index (χ4n) is 2.32. The monoisotopic (exact) mass is 541 g/mol. The smallest absolute Gasteiger partial charge is 0.118 e. The molecule has 0 unspecified atom stereocenters. The zero-order chi connectivity index (χ0) is 31.5. The predicted octanol–water partition coefficient (Wildman–Crippen LogP) is 13.0. The molecule has 0 bridgehead atoms. The lowest BCUT2D eigenvalue weighted by Crippen LogP contribution is -1.80. The van der Waals surface area contributed by atoms with Crippen molar-refractivity contribution in [2.75, 3.05) is 7.11 Å². The summed E-state index contributed by atoms with van der Waals surface area (Å²) in [5.41, 5.74) is 6.77. The molecule has 0 radical (unpaired) electrons. The lowest BCUT2D eigenvalue weighted by molar-refractivity contribution is 0.414. The molecule has 39 heavy (non-hydrogen) atoms. The normalized spacial score (nSPS) is 7.90. The molecule has 0 aliphatic rings. The van der Waals surface area contributed by atoms with Crippen LogP contribution < -0.4 is 4.74 Å². The third-order valence-corrected chi connectivity index (χ3v) is 4.31. The lowest BCUT2D eigenvalue weighted by atomic mass is 10.1. The van der Waals surface area contributed by atoms with Gasteiger partial charge in [0.1, 0.15) is 5.75 Å². The van der Waals surface area contributed by atoms with Crippen LogP contribution in [0.5, 0.6) is 5.75 Å². The van der Waals surface area contributed by atoms with Gasteiger partial charge in [0.2, 0.25) is 0 Å². The number of benzene rings is 3. The van der Waals surface area contributed by atoms with Crippen LogP contribution in [0.25, 0.3) is 0 Å². The van der Waals surface area contributed by atoms with Gasteiger partial charge in [-0.15, -0.1) is 0 Å². The van der Waals surface area contributed by atoms with E-state index in [-0.39, 0.29) is 0 Å². The summed E-state index contributed by atoms with van der Waals surface area (Å²) in [5.74, 6) is 0.917. The molecular formula is C38H68O. The van der Waals surface area contributed by atoms with Crippen molar-refractivity contribution >= 4 is 0 Å². The van der Waals surface area contributed by atoms with Gasteiger partial charge in [-0.05, 0) is 56.9 Å². The highest BCUT2D eigenvalue weighted by molar-refractivity contribution is 5.26. The van der Waals surface area contributed by atoms with Gasteiger partial charge < -0.3 is 4.74 Å². The summed E-state index contributed by atoms with van der Waals surface area (Å²) >= 11 is 0. The van der Waals surface area contributed by atoms with E-state index in [1.54, 1.807) is 7.11 Å². The van der Waals surface area contributed by atoms with E-state index in [2.05, 4.69) is 111 Å². The first kappa shape index (κ1) is 46.3. The van der Waals surface area contributed by atoms with E-state index in [1.807, 2.05) is 65.8 Å². The van der Waals surface area contributed by atoms with Crippen molar-refractivity contribution in [3.63, 3.8) is 0 Å². The standard InChI is InChI=1S/2C9H12.C8H10O.2C3H8.3C2H6/c2*1-3-9-6-4-8(2)5-7-9;1-7-3-5-8(9-2)6-4-7;2*1-3-2;3*1-2/h2*4-7H,3H2,1-2H3;3-6H,1-2H3;2*3H2,1-2H3;3*1-2H3. The first-order chi connectivity index (χ1) is 18.8. The molecule has 3 rings (SSSR count). The molecule has 3 aromatic rings. The third kappa shape index (κ3) is 35.5. The van der Waals surface area contributed by atoms with Gasteiger partial charge in [0.25, 0.3) is 0 Å². The second kappa shape index (κ2) is 40.0. The zero-order valence-corrected chi connectivity index (χ0v) is 29.2.